The number of nitriles is 1. The van der Waals surface area contributed by atoms with Crippen molar-refractivity contribution < 1.29 is 13.2 Å². The molecule has 0 heterocycles. The molecule has 0 aliphatic carbocycles. The lowest BCUT2D eigenvalue weighted by Crippen LogP contribution is -2.18. The van der Waals surface area contributed by atoms with Gasteiger partial charge in [-0.3, -0.25) is 4.72 Å². The Morgan fingerprint density at radius 1 is 1.50 bits per heavy atom. The number of ether oxygens (including phenoxy) is 1. The van der Waals surface area contributed by atoms with Gasteiger partial charge in [0.25, 0.3) is 0 Å². The largest absolute Gasteiger partial charge is 0.495 e. The van der Waals surface area contributed by atoms with Crippen molar-refractivity contribution in [2.75, 3.05) is 23.5 Å². The molecule has 0 saturated heterocycles. The fourth-order valence-corrected chi connectivity index (χ4v) is 2.79. The first kappa shape index (κ1) is 14.6. The number of hydrogen-bond acceptors (Lipinski definition) is 4. The predicted octanol–water partition coefficient (Wildman–Crippen LogP) is 1.94. The van der Waals surface area contributed by atoms with Gasteiger partial charge >= 0.3 is 0 Å². The summed E-state index contributed by atoms with van der Waals surface area (Å²) in [5, 5.41) is 8.95. The Balaban J connectivity index is 3.07. The number of nitrogens with zero attached hydrogens (tertiary/aromatic N) is 1. The molecule has 0 aromatic heterocycles. The third-order valence-electron chi connectivity index (χ3n) is 2.17. The molecule has 0 fully saturated rings. The second-order valence-electron chi connectivity index (χ2n) is 3.46. The van der Waals surface area contributed by atoms with E-state index in [1.165, 1.54) is 13.2 Å². The number of anilines is 1. The fraction of sp³-hybridized carbons (Fsp3) is 0.364. The molecule has 0 saturated carbocycles. The molecule has 0 radical (unpaired) electrons. The van der Waals surface area contributed by atoms with E-state index in [4.69, 9.17) is 21.6 Å². The van der Waals surface area contributed by atoms with Crippen molar-refractivity contribution in [3.8, 4) is 11.8 Å². The lowest BCUT2D eigenvalue weighted by Gasteiger charge is -2.12. The summed E-state index contributed by atoms with van der Waals surface area (Å²) < 4.78 is 30.9. The predicted molar refractivity (Wildman–Crippen MR) is 70.5 cm³/mol. The number of methoxy groups -OCH3 is 1. The van der Waals surface area contributed by atoms with E-state index in [1.807, 2.05) is 6.07 Å². The third kappa shape index (κ3) is 3.79. The molecular weight excluding hydrogens is 276 g/mol. The van der Waals surface area contributed by atoms with Gasteiger partial charge in [0.2, 0.25) is 10.0 Å². The second-order valence-corrected chi connectivity index (χ2v) is 5.68. The lowest BCUT2D eigenvalue weighted by atomic mass is 10.2. The first-order valence-electron chi connectivity index (χ1n) is 5.17. The van der Waals surface area contributed by atoms with E-state index < -0.39 is 10.0 Å². The fourth-order valence-electron chi connectivity index (χ4n) is 1.35. The summed E-state index contributed by atoms with van der Waals surface area (Å²) >= 11 is 5.46. The highest BCUT2D eigenvalue weighted by Crippen LogP contribution is 2.28. The van der Waals surface area contributed by atoms with Gasteiger partial charge < -0.3 is 4.74 Å². The first-order chi connectivity index (χ1) is 8.54. The van der Waals surface area contributed by atoms with Crippen LogP contribution in [0.25, 0.3) is 0 Å². The quantitative estimate of drug-likeness (QED) is 0.811. The Hall–Kier alpha value is -1.45. The van der Waals surface area contributed by atoms with E-state index in [0.717, 1.165) is 0 Å². The van der Waals surface area contributed by atoms with Crippen LogP contribution in [-0.2, 0) is 10.0 Å². The molecule has 0 unspecified atom stereocenters. The summed E-state index contributed by atoms with van der Waals surface area (Å²) in [5.41, 5.74) is 0.376. The van der Waals surface area contributed by atoms with Crippen LogP contribution in [0.1, 0.15) is 12.0 Å². The standard InChI is InChI=1S/C11H13ClN2O3S/c1-17-10-5-2-4-9(8-13)11(10)14-18(15,16)7-3-6-12/h2,4-5,14H,3,6-7H2,1H3. The maximum Gasteiger partial charge on any atom is 0.232 e. The Labute approximate surface area is 111 Å². The highest BCUT2D eigenvalue weighted by Gasteiger charge is 2.16. The van der Waals surface area contributed by atoms with E-state index in [0.29, 0.717) is 12.2 Å². The van der Waals surface area contributed by atoms with Gasteiger partial charge in [0.15, 0.2) is 0 Å². The SMILES string of the molecule is COc1cccc(C#N)c1NS(=O)(=O)CCCCl. The maximum atomic E-state index is 11.8. The summed E-state index contributed by atoms with van der Waals surface area (Å²) in [6.07, 6.45) is 0.341. The average Bonchev–Trinajstić information content (AvgIpc) is 2.36. The molecule has 0 aliphatic heterocycles. The van der Waals surface area contributed by atoms with Crippen LogP contribution in [0.15, 0.2) is 18.2 Å². The molecule has 0 atom stereocenters. The summed E-state index contributed by atoms with van der Waals surface area (Å²) in [6.45, 7) is 0. The van der Waals surface area contributed by atoms with Crippen LogP contribution in [0.2, 0.25) is 0 Å². The topological polar surface area (TPSA) is 79.2 Å². The van der Waals surface area contributed by atoms with Crippen LogP contribution in [0, 0.1) is 11.3 Å². The van der Waals surface area contributed by atoms with Crippen LogP contribution < -0.4 is 9.46 Å². The molecule has 0 amide bonds. The van der Waals surface area contributed by atoms with Gasteiger partial charge in [-0.25, -0.2) is 8.42 Å². The van der Waals surface area contributed by atoms with Crippen molar-refractivity contribution in [3.05, 3.63) is 23.8 Å². The number of benzene rings is 1. The summed E-state index contributed by atoms with van der Waals surface area (Å²) in [5.74, 6) is 0.473. The minimum Gasteiger partial charge on any atom is -0.495 e. The molecule has 1 aromatic rings. The lowest BCUT2D eigenvalue weighted by molar-refractivity contribution is 0.416. The molecule has 1 rings (SSSR count). The zero-order chi connectivity index (χ0) is 13.6. The zero-order valence-electron chi connectivity index (χ0n) is 9.81. The van der Waals surface area contributed by atoms with Crippen molar-refractivity contribution in [2.24, 2.45) is 0 Å². The van der Waals surface area contributed by atoms with Gasteiger partial charge in [-0.15, -0.1) is 11.6 Å². The molecular formula is C11H13ClN2O3S. The molecule has 1 N–H and O–H groups in total. The molecule has 0 bridgehead atoms. The number of halogens is 1. The van der Waals surface area contributed by atoms with Gasteiger partial charge in [0.1, 0.15) is 17.5 Å². The number of sulfonamides is 1. The first-order valence-corrected chi connectivity index (χ1v) is 7.36. The monoisotopic (exact) mass is 288 g/mol. The van der Waals surface area contributed by atoms with E-state index in [2.05, 4.69) is 4.72 Å². The number of hydrogen-bond donors (Lipinski definition) is 1. The summed E-state index contributed by atoms with van der Waals surface area (Å²) in [7, 11) is -2.12. The van der Waals surface area contributed by atoms with Crippen LogP contribution in [0.3, 0.4) is 0 Å². The van der Waals surface area contributed by atoms with Gasteiger partial charge in [-0.2, -0.15) is 5.26 Å². The van der Waals surface area contributed by atoms with Gasteiger partial charge in [-0.1, -0.05) is 6.07 Å². The third-order valence-corrected chi connectivity index (χ3v) is 3.78. The Kier molecular flexibility index (Phi) is 5.25. The molecule has 7 heteroatoms. The Morgan fingerprint density at radius 2 is 2.22 bits per heavy atom. The van der Waals surface area contributed by atoms with Crippen LogP contribution >= 0.6 is 11.6 Å². The molecule has 5 nitrogen and oxygen atoms in total. The summed E-state index contributed by atoms with van der Waals surface area (Å²) in [6, 6.07) is 6.63. The average molecular weight is 289 g/mol. The van der Waals surface area contributed by atoms with Crippen molar-refractivity contribution in [1.82, 2.24) is 0 Å². The summed E-state index contributed by atoms with van der Waals surface area (Å²) in [4.78, 5) is 0. The van der Waals surface area contributed by atoms with Crippen molar-refractivity contribution >= 4 is 27.3 Å². The molecule has 0 aliphatic rings. The molecule has 1 aromatic carbocycles. The minimum absolute atomic E-state index is 0.0978. The molecule has 0 spiro atoms. The normalized spacial score (nSPS) is 10.7. The maximum absolute atomic E-state index is 11.8. The molecule has 98 valence electrons. The smallest absolute Gasteiger partial charge is 0.232 e. The number of rotatable bonds is 6. The highest BCUT2D eigenvalue weighted by molar-refractivity contribution is 7.92. The Bertz CT molecular complexity index is 552. The van der Waals surface area contributed by atoms with Crippen molar-refractivity contribution in [2.45, 2.75) is 6.42 Å². The molecule has 18 heavy (non-hydrogen) atoms. The minimum atomic E-state index is -3.53. The van der Waals surface area contributed by atoms with E-state index in [9.17, 15) is 8.42 Å². The number of alkyl halides is 1. The highest BCUT2D eigenvalue weighted by atomic mass is 35.5. The van der Waals surface area contributed by atoms with Gasteiger partial charge in [0, 0.05) is 5.88 Å². The van der Waals surface area contributed by atoms with E-state index in [-0.39, 0.29) is 22.9 Å². The van der Waals surface area contributed by atoms with Crippen molar-refractivity contribution in [3.63, 3.8) is 0 Å². The van der Waals surface area contributed by atoms with Crippen LogP contribution in [-0.4, -0.2) is 27.2 Å². The van der Waals surface area contributed by atoms with Gasteiger partial charge in [0.05, 0.1) is 18.4 Å². The van der Waals surface area contributed by atoms with E-state index in [1.54, 1.807) is 12.1 Å². The van der Waals surface area contributed by atoms with Crippen LogP contribution in [0.4, 0.5) is 5.69 Å². The number of para-hydroxylation sites is 1. The van der Waals surface area contributed by atoms with Gasteiger partial charge in [-0.05, 0) is 18.6 Å². The number of nitrogens with one attached hydrogen (secondary N) is 1. The zero-order valence-corrected chi connectivity index (χ0v) is 11.4. The second kappa shape index (κ2) is 6.47. The van der Waals surface area contributed by atoms with Crippen LogP contribution in [0.5, 0.6) is 5.75 Å². The van der Waals surface area contributed by atoms with E-state index >= 15 is 0 Å². The Morgan fingerprint density at radius 3 is 2.78 bits per heavy atom. The van der Waals surface area contributed by atoms with Crippen molar-refractivity contribution in [1.29, 1.82) is 5.26 Å².